The van der Waals surface area contributed by atoms with Gasteiger partial charge >= 0.3 is 5.97 Å². The van der Waals surface area contributed by atoms with E-state index in [4.69, 9.17) is 29.9 Å². The van der Waals surface area contributed by atoms with Gasteiger partial charge in [0.1, 0.15) is 16.9 Å². The van der Waals surface area contributed by atoms with Gasteiger partial charge in [-0.05, 0) is 86.1 Å². The van der Waals surface area contributed by atoms with Crippen molar-refractivity contribution in [3.63, 3.8) is 0 Å². The highest BCUT2D eigenvalue weighted by molar-refractivity contribution is 6.00. The lowest BCUT2D eigenvalue weighted by Gasteiger charge is -2.27. The quantitative estimate of drug-likeness (QED) is 0.183. The molecule has 242 valence electrons. The Bertz CT molecular complexity index is 2080. The van der Waals surface area contributed by atoms with E-state index in [-0.39, 0.29) is 18.0 Å². The summed E-state index contributed by atoms with van der Waals surface area (Å²) >= 11 is 0. The summed E-state index contributed by atoms with van der Waals surface area (Å²) in [6.07, 6.45) is 4.40. The third kappa shape index (κ3) is 4.91. The van der Waals surface area contributed by atoms with Crippen molar-refractivity contribution in [3.8, 4) is 40.0 Å². The Balaban J connectivity index is 1.21. The first-order valence-corrected chi connectivity index (χ1v) is 16.2. The first kappa shape index (κ1) is 29.5. The van der Waals surface area contributed by atoms with E-state index in [9.17, 15) is 9.59 Å². The van der Waals surface area contributed by atoms with E-state index < -0.39 is 5.97 Å². The van der Waals surface area contributed by atoms with E-state index in [2.05, 4.69) is 16.7 Å². The highest BCUT2D eigenvalue weighted by Gasteiger charge is 2.47. The molecule has 11 nitrogen and oxygen atoms in total. The second kappa shape index (κ2) is 11.1. The number of carbonyl (C=O) groups excluding carboxylic acids is 2. The average Bonchev–Trinajstić information content (AvgIpc) is 3.47. The summed E-state index contributed by atoms with van der Waals surface area (Å²) < 4.78 is 21.0. The second-order valence-electron chi connectivity index (χ2n) is 13.1. The van der Waals surface area contributed by atoms with Gasteiger partial charge in [-0.1, -0.05) is 0 Å². The number of pyridine rings is 1. The van der Waals surface area contributed by atoms with Crippen molar-refractivity contribution in [2.24, 2.45) is 24.6 Å². The van der Waals surface area contributed by atoms with Crippen LogP contribution in [0.3, 0.4) is 0 Å². The molecule has 2 aromatic carbocycles. The lowest BCUT2D eigenvalue weighted by molar-refractivity contribution is -0.132. The molecule has 11 heteroatoms. The minimum Gasteiger partial charge on any atom is -0.494 e. The van der Waals surface area contributed by atoms with Crippen molar-refractivity contribution in [2.45, 2.75) is 51.2 Å². The third-order valence-electron chi connectivity index (χ3n) is 10.1. The van der Waals surface area contributed by atoms with Gasteiger partial charge in [0.2, 0.25) is 0 Å². The van der Waals surface area contributed by atoms with E-state index in [0.29, 0.717) is 46.7 Å². The maximum absolute atomic E-state index is 13.7. The number of amides is 1. The van der Waals surface area contributed by atoms with Gasteiger partial charge in [-0.25, -0.2) is 9.97 Å². The molecule has 3 aliphatic rings. The molecule has 5 aromatic rings. The number of hydrogen-bond donors (Lipinski definition) is 1. The lowest BCUT2D eigenvalue weighted by atomic mass is 10.1. The molecule has 2 aliphatic carbocycles. The molecule has 4 heterocycles. The largest absolute Gasteiger partial charge is 0.494 e. The van der Waals surface area contributed by atoms with Gasteiger partial charge in [0.25, 0.3) is 5.91 Å². The van der Waals surface area contributed by atoms with Crippen LogP contribution in [0, 0.1) is 11.8 Å². The van der Waals surface area contributed by atoms with Gasteiger partial charge in [-0.15, -0.1) is 0 Å². The summed E-state index contributed by atoms with van der Waals surface area (Å²) in [5, 5.41) is 1.00. The van der Waals surface area contributed by atoms with Crippen LogP contribution in [0.5, 0.6) is 17.2 Å². The van der Waals surface area contributed by atoms with Crippen LogP contribution in [0.4, 0.5) is 0 Å². The van der Waals surface area contributed by atoms with Crippen LogP contribution in [0.25, 0.3) is 44.8 Å². The van der Waals surface area contributed by atoms with Crippen LogP contribution < -0.4 is 19.9 Å². The normalized spacial score (nSPS) is 20.4. The minimum atomic E-state index is -0.411. The fraction of sp³-hybridized carbons (Fsp3) is 0.389. The number of benzene rings is 2. The predicted octanol–water partition coefficient (Wildman–Crippen LogP) is 5.17. The number of hydrogen-bond acceptors (Lipinski definition) is 8. The van der Waals surface area contributed by atoms with Gasteiger partial charge in [-0.3, -0.25) is 9.59 Å². The number of methoxy groups -OCH3 is 2. The van der Waals surface area contributed by atoms with Crippen molar-refractivity contribution in [1.29, 1.82) is 0 Å². The maximum Gasteiger partial charge on any atom is 0.308 e. The van der Waals surface area contributed by atoms with Gasteiger partial charge < -0.3 is 34.0 Å². The number of carbonyl (C=O) groups is 2. The predicted molar refractivity (Wildman–Crippen MR) is 178 cm³/mol. The fourth-order valence-electron chi connectivity index (χ4n) is 7.55. The molecule has 3 fully saturated rings. The number of rotatable bonds is 8. The first-order valence-electron chi connectivity index (χ1n) is 16.2. The molecule has 2 unspecified atom stereocenters. The lowest BCUT2D eigenvalue weighted by Crippen LogP contribution is -2.41. The standard InChI is InChI=1S/C36H38N6O5/c1-19(43)47-29-12-9-21(15-30(29)45-3)25-10-7-22-14-28(41(34(22)38-25)17-20-5-6-20)35-39-26-13-24(16-31(46-4)33(26)40(35)2)36(44)42-18-23-8-11-27(42)32(23)37/h7,9-10,12-16,20,23,27,32H,5-6,8,11,17-18,37H2,1-4H3/t23?,27?,32-/m1/s1. The molecule has 2 bridgehead atoms. The first-order chi connectivity index (χ1) is 22.7. The van der Waals surface area contributed by atoms with E-state index >= 15 is 0 Å². The number of imidazole rings is 1. The zero-order valence-corrected chi connectivity index (χ0v) is 27.0. The van der Waals surface area contributed by atoms with Gasteiger partial charge in [0.15, 0.2) is 17.3 Å². The smallest absolute Gasteiger partial charge is 0.308 e. The number of likely N-dealkylation sites (tertiary alicyclic amines) is 1. The van der Waals surface area contributed by atoms with Crippen LogP contribution in [0.15, 0.2) is 48.5 Å². The van der Waals surface area contributed by atoms with E-state index in [0.717, 1.165) is 58.7 Å². The summed E-state index contributed by atoms with van der Waals surface area (Å²) in [6.45, 7) is 2.89. The van der Waals surface area contributed by atoms with Crippen molar-refractivity contribution in [2.75, 3.05) is 20.8 Å². The summed E-state index contributed by atoms with van der Waals surface area (Å²) in [6, 6.07) is 15.5. The molecular weight excluding hydrogens is 596 g/mol. The van der Waals surface area contributed by atoms with Gasteiger partial charge in [0, 0.05) is 55.7 Å². The Kier molecular flexibility index (Phi) is 6.98. The van der Waals surface area contributed by atoms with E-state index in [1.54, 1.807) is 20.3 Å². The SMILES string of the molecule is COc1cc(-c2ccc3cc(-c4nc5cc(C(=O)N6CC7CCC6[C@@H]7N)cc(OC)c5n4C)n(CC4CC4)c3n2)ccc1OC(C)=O. The number of aryl methyl sites for hydroxylation is 1. The number of ether oxygens (including phenoxy) is 3. The fourth-order valence-corrected chi connectivity index (χ4v) is 7.55. The van der Waals surface area contributed by atoms with Gasteiger partial charge in [0.05, 0.1) is 31.1 Å². The second-order valence-corrected chi connectivity index (χ2v) is 13.1. The van der Waals surface area contributed by atoms with Crippen LogP contribution in [-0.4, -0.2) is 68.7 Å². The highest BCUT2D eigenvalue weighted by atomic mass is 16.6. The van der Waals surface area contributed by atoms with E-state index in [1.807, 2.05) is 46.8 Å². The van der Waals surface area contributed by atoms with Crippen molar-refractivity contribution in [1.82, 2.24) is 24.0 Å². The van der Waals surface area contributed by atoms with Crippen molar-refractivity contribution >= 4 is 33.9 Å². The molecule has 0 radical (unpaired) electrons. The highest BCUT2D eigenvalue weighted by Crippen LogP contribution is 2.41. The topological polar surface area (TPSA) is 127 Å². The van der Waals surface area contributed by atoms with Crippen LogP contribution >= 0.6 is 0 Å². The molecule has 47 heavy (non-hydrogen) atoms. The molecule has 2 saturated carbocycles. The minimum absolute atomic E-state index is 0.0165. The number of fused-ring (bicyclic) bond motifs is 4. The van der Waals surface area contributed by atoms with Crippen LogP contribution in [0.1, 0.15) is 43.0 Å². The Morgan fingerprint density at radius 1 is 0.936 bits per heavy atom. The molecule has 3 aromatic heterocycles. The van der Waals surface area contributed by atoms with Crippen molar-refractivity contribution < 1.29 is 23.8 Å². The third-order valence-corrected chi connectivity index (χ3v) is 10.1. The maximum atomic E-state index is 13.7. The summed E-state index contributed by atoms with van der Waals surface area (Å²) in [7, 11) is 5.17. The Morgan fingerprint density at radius 3 is 2.43 bits per heavy atom. The molecule has 0 spiro atoms. The Labute approximate surface area is 272 Å². The number of aromatic nitrogens is 4. The molecular formula is C36H38N6O5. The summed E-state index contributed by atoms with van der Waals surface area (Å²) in [5.41, 5.74) is 12.0. The molecule has 1 saturated heterocycles. The monoisotopic (exact) mass is 634 g/mol. The number of nitrogens with zero attached hydrogens (tertiary/aromatic N) is 5. The zero-order valence-electron chi connectivity index (χ0n) is 27.0. The number of esters is 1. The summed E-state index contributed by atoms with van der Waals surface area (Å²) in [5.74, 6) is 2.73. The van der Waals surface area contributed by atoms with Crippen LogP contribution in [-0.2, 0) is 18.4 Å². The Hall–Kier alpha value is -4.90. The molecule has 3 atom stereocenters. The zero-order chi connectivity index (χ0) is 32.6. The molecule has 8 rings (SSSR count). The summed E-state index contributed by atoms with van der Waals surface area (Å²) in [4.78, 5) is 37.5. The van der Waals surface area contributed by atoms with Crippen molar-refractivity contribution in [3.05, 3.63) is 54.1 Å². The molecule has 1 amide bonds. The number of nitrogens with two attached hydrogens (primary N) is 1. The van der Waals surface area contributed by atoms with E-state index in [1.165, 1.54) is 19.8 Å². The van der Waals surface area contributed by atoms with Crippen LogP contribution in [0.2, 0.25) is 0 Å². The number of piperidine rings is 1. The Morgan fingerprint density at radius 2 is 1.74 bits per heavy atom. The molecule has 1 aliphatic heterocycles. The average molecular weight is 635 g/mol. The molecule has 2 N–H and O–H groups in total. The van der Waals surface area contributed by atoms with Gasteiger partial charge in [-0.2, -0.15) is 0 Å².